The van der Waals surface area contributed by atoms with Crippen LogP contribution in [0.3, 0.4) is 0 Å². The Kier molecular flexibility index (Phi) is 4.82. The number of pyridine rings is 1. The lowest BCUT2D eigenvalue weighted by Gasteiger charge is -2.08. The largest absolute Gasteiger partial charge is 0.451 e. The van der Waals surface area contributed by atoms with Crippen LogP contribution < -0.4 is 5.32 Å². The lowest BCUT2D eigenvalue weighted by Crippen LogP contribution is -2.11. The van der Waals surface area contributed by atoms with Gasteiger partial charge in [-0.05, 0) is 79.9 Å². The average Bonchev–Trinajstić information content (AvgIpc) is 3.44. The Hall–Kier alpha value is -4.19. The van der Waals surface area contributed by atoms with E-state index in [1.807, 2.05) is 49.4 Å². The van der Waals surface area contributed by atoms with Crippen molar-refractivity contribution in [1.82, 2.24) is 9.97 Å². The molecule has 0 aliphatic heterocycles. The number of hydrogen-bond donors (Lipinski definition) is 1. The van der Waals surface area contributed by atoms with Crippen LogP contribution in [0.1, 0.15) is 27.2 Å². The molecule has 2 aromatic carbocycles. The van der Waals surface area contributed by atoms with Crippen LogP contribution in [0.15, 0.2) is 75.7 Å². The van der Waals surface area contributed by atoms with Crippen molar-refractivity contribution in [1.29, 1.82) is 0 Å². The molecule has 5 aromatic rings. The number of rotatable bonds is 4. The Bertz CT molecular complexity index is 1430. The van der Waals surface area contributed by atoms with Crippen molar-refractivity contribution in [2.24, 2.45) is 0 Å². The molecule has 1 N–H and O–H groups in total. The summed E-state index contributed by atoms with van der Waals surface area (Å²) in [7, 11) is 0. The summed E-state index contributed by atoms with van der Waals surface area (Å²) in [6.45, 7) is 6.04. The number of aromatic nitrogens is 2. The second kappa shape index (κ2) is 7.81. The van der Waals surface area contributed by atoms with Gasteiger partial charge in [-0.1, -0.05) is 18.2 Å². The molecule has 0 unspecified atom stereocenters. The fourth-order valence-corrected chi connectivity index (χ4v) is 3.48. The summed E-state index contributed by atoms with van der Waals surface area (Å²) in [5.41, 5.74) is 6.81. The van der Waals surface area contributed by atoms with Crippen LogP contribution in [0.5, 0.6) is 0 Å². The van der Waals surface area contributed by atoms with Gasteiger partial charge in [0, 0.05) is 23.0 Å². The summed E-state index contributed by atoms with van der Waals surface area (Å²) in [5.74, 6) is 1.03. The summed E-state index contributed by atoms with van der Waals surface area (Å²) < 4.78 is 11.6. The summed E-state index contributed by atoms with van der Waals surface area (Å²) in [6, 6.07) is 18.9. The highest BCUT2D eigenvalue weighted by molar-refractivity contribution is 6.03. The van der Waals surface area contributed by atoms with E-state index in [1.54, 1.807) is 18.3 Å². The predicted octanol–water partition coefficient (Wildman–Crippen LogP) is 6.33. The third-order valence-corrected chi connectivity index (χ3v) is 5.52. The number of benzene rings is 2. The van der Waals surface area contributed by atoms with Crippen LogP contribution in [0.2, 0.25) is 0 Å². The molecule has 0 bridgehead atoms. The molecule has 158 valence electrons. The number of anilines is 1. The van der Waals surface area contributed by atoms with E-state index in [4.69, 9.17) is 8.83 Å². The molecular formula is C26H21N3O3. The maximum atomic E-state index is 12.9. The number of furan rings is 1. The first-order valence-corrected chi connectivity index (χ1v) is 10.3. The van der Waals surface area contributed by atoms with Crippen molar-refractivity contribution >= 4 is 22.8 Å². The zero-order chi connectivity index (χ0) is 22.2. The minimum Gasteiger partial charge on any atom is -0.451 e. The first-order chi connectivity index (χ1) is 15.5. The van der Waals surface area contributed by atoms with E-state index in [2.05, 4.69) is 35.2 Å². The zero-order valence-corrected chi connectivity index (χ0v) is 18.0. The molecule has 6 nitrogen and oxygen atoms in total. The van der Waals surface area contributed by atoms with Gasteiger partial charge in [0.05, 0.1) is 0 Å². The van der Waals surface area contributed by atoms with Crippen LogP contribution >= 0.6 is 0 Å². The molecule has 0 atom stereocenters. The molecule has 3 heterocycles. The van der Waals surface area contributed by atoms with Crippen molar-refractivity contribution in [2.45, 2.75) is 20.8 Å². The predicted molar refractivity (Wildman–Crippen MR) is 124 cm³/mol. The van der Waals surface area contributed by atoms with Crippen LogP contribution in [-0.2, 0) is 0 Å². The smallest absolute Gasteiger partial charge is 0.291 e. The number of carbonyl (C=O) groups excluding carboxylic acids is 1. The lowest BCUT2D eigenvalue weighted by molar-refractivity contribution is 0.0997. The van der Waals surface area contributed by atoms with Crippen LogP contribution in [0.4, 0.5) is 5.69 Å². The first-order valence-electron chi connectivity index (χ1n) is 10.3. The fraction of sp³-hybridized carbons (Fsp3) is 0.115. The molecule has 0 aliphatic rings. The van der Waals surface area contributed by atoms with Crippen molar-refractivity contribution in [3.8, 4) is 22.8 Å². The van der Waals surface area contributed by atoms with Crippen LogP contribution in [0.25, 0.3) is 34.0 Å². The van der Waals surface area contributed by atoms with E-state index in [0.29, 0.717) is 28.6 Å². The molecule has 6 heteroatoms. The summed E-state index contributed by atoms with van der Waals surface area (Å²) >= 11 is 0. The number of nitrogens with zero attached hydrogens (tertiary/aromatic N) is 2. The van der Waals surface area contributed by atoms with E-state index in [1.165, 1.54) is 11.1 Å². The Morgan fingerprint density at radius 1 is 0.844 bits per heavy atom. The second-order valence-electron chi connectivity index (χ2n) is 7.79. The molecule has 0 radical (unpaired) electrons. The number of nitrogens with one attached hydrogen (secondary N) is 1. The van der Waals surface area contributed by atoms with Crippen molar-refractivity contribution in [3.63, 3.8) is 0 Å². The highest BCUT2D eigenvalue weighted by Gasteiger charge is 2.16. The van der Waals surface area contributed by atoms with Crippen LogP contribution in [0, 0.1) is 20.8 Å². The number of aryl methyl sites for hydroxylation is 3. The van der Waals surface area contributed by atoms with Gasteiger partial charge in [0.25, 0.3) is 5.91 Å². The van der Waals surface area contributed by atoms with Crippen LogP contribution in [-0.4, -0.2) is 15.9 Å². The highest BCUT2D eigenvalue weighted by Crippen LogP contribution is 2.29. The van der Waals surface area contributed by atoms with Gasteiger partial charge in [0.15, 0.2) is 17.0 Å². The van der Waals surface area contributed by atoms with E-state index in [0.717, 1.165) is 16.7 Å². The molecule has 0 saturated carbocycles. The number of hydrogen-bond acceptors (Lipinski definition) is 5. The standard InChI is InChI=1S/C26H21N3O3/c1-15-6-8-18(13-17(15)3)21-10-11-23(31-21)25(30)28-20-14-19(9-7-16(20)2)26-29-24-22(32-26)5-4-12-27-24/h4-14H,1-3H3,(H,28,30). The SMILES string of the molecule is Cc1ccc(-c2ccc(C(=O)Nc3cc(-c4nc5ncccc5o4)ccc3C)o2)cc1C. The second-order valence-corrected chi connectivity index (χ2v) is 7.79. The van der Waals surface area contributed by atoms with E-state index in [-0.39, 0.29) is 11.7 Å². The Morgan fingerprint density at radius 3 is 2.47 bits per heavy atom. The topological polar surface area (TPSA) is 81.2 Å². The number of carbonyl (C=O) groups is 1. The Balaban J connectivity index is 1.40. The normalized spacial score (nSPS) is 11.1. The van der Waals surface area contributed by atoms with Gasteiger partial charge < -0.3 is 14.2 Å². The van der Waals surface area contributed by atoms with Gasteiger partial charge in [-0.15, -0.1) is 0 Å². The van der Waals surface area contributed by atoms with Crippen molar-refractivity contribution in [3.05, 3.63) is 89.3 Å². The zero-order valence-electron chi connectivity index (χ0n) is 18.0. The lowest BCUT2D eigenvalue weighted by atomic mass is 10.1. The first kappa shape index (κ1) is 19.8. The highest BCUT2D eigenvalue weighted by atomic mass is 16.4. The van der Waals surface area contributed by atoms with E-state index >= 15 is 0 Å². The molecular weight excluding hydrogens is 402 g/mol. The Morgan fingerprint density at radius 2 is 1.66 bits per heavy atom. The molecule has 0 saturated heterocycles. The van der Waals surface area contributed by atoms with Gasteiger partial charge in [-0.3, -0.25) is 4.79 Å². The monoisotopic (exact) mass is 423 g/mol. The van der Waals surface area contributed by atoms with Gasteiger partial charge in [-0.25, -0.2) is 4.98 Å². The van der Waals surface area contributed by atoms with Gasteiger partial charge in [0.2, 0.25) is 5.89 Å². The fourth-order valence-electron chi connectivity index (χ4n) is 3.48. The summed E-state index contributed by atoms with van der Waals surface area (Å²) in [5, 5.41) is 2.94. The third-order valence-electron chi connectivity index (χ3n) is 5.52. The number of amides is 1. The molecule has 3 aromatic heterocycles. The van der Waals surface area contributed by atoms with Crippen molar-refractivity contribution in [2.75, 3.05) is 5.32 Å². The summed E-state index contributed by atoms with van der Waals surface area (Å²) in [4.78, 5) is 21.5. The molecule has 0 fully saturated rings. The number of oxazole rings is 1. The average molecular weight is 423 g/mol. The third kappa shape index (κ3) is 3.67. The molecule has 1 amide bonds. The molecule has 0 spiro atoms. The molecule has 32 heavy (non-hydrogen) atoms. The van der Waals surface area contributed by atoms with Gasteiger partial charge >= 0.3 is 0 Å². The van der Waals surface area contributed by atoms with E-state index < -0.39 is 0 Å². The quantitative estimate of drug-likeness (QED) is 0.365. The molecule has 0 aliphatic carbocycles. The minimum atomic E-state index is -0.320. The maximum absolute atomic E-state index is 12.9. The van der Waals surface area contributed by atoms with Gasteiger partial charge in [0.1, 0.15) is 5.76 Å². The van der Waals surface area contributed by atoms with E-state index in [9.17, 15) is 4.79 Å². The summed E-state index contributed by atoms with van der Waals surface area (Å²) in [6.07, 6.45) is 1.67. The van der Waals surface area contributed by atoms with Crippen molar-refractivity contribution < 1.29 is 13.6 Å². The molecule has 5 rings (SSSR count). The Labute approximate surface area is 184 Å². The number of fused-ring (bicyclic) bond motifs is 1. The minimum absolute atomic E-state index is 0.245. The maximum Gasteiger partial charge on any atom is 0.291 e. The van der Waals surface area contributed by atoms with Gasteiger partial charge in [-0.2, -0.15) is 4.98 Å².